The van der Waals surface area contributed by atoms with Crippen LogP contribution in [0.1, 0.15) is 114 Å². The van der Waals surface area contributed by atoms with E-state index in [1.54, 1.807) is 16.7 Å². The highest BCUT2D eigenvalue weighted by atomic mass is 14.4. The van der Waals surface area contributed by atoms with E-state index in [1.807, 2.05) is 0 Å². The van der Waals surface area contributed by atoms with Gasteiger partial charge in [0, 0.05) is 5.92 Å². The van der Waals surface area contributed by atoms with E-state index >= 15 is 0 Å². The Morgan fingerprint density at radius 2 is 1.56 bits per heavy atom. The molecule has 4 atom stereocenters. The first-order valence-electron chi connectivity index (χ1n) is 19.4. The van der Waals surface area contributed by atoms with Gasteiger partial charge in [0.05, 0.1) is 0 Å². The van der Waals surface area contributed by atoms with Gasteiger partial charge in [0.1, 0.15) is 0 Å². The topological polar surface area (TPSA) is 0 Å². The van der Waals surface area contributed by atoms with Crippen molar-refractivity contribution in [2.24, 2.45) is 17.3 Å². The molecule has 250 valence electrons. The minimum atomic E-state index is 0.153. The van der Waals surface area contributed by atoms with E-state index in [0.29, 0.717) is 29.1 Å². The van der Waals surface area contributed by atoms with E-state index < -0.39 is 0 Å². The summed E-state index contributed by atoms with van der Waals surface area (Å²) in [7, 11) is 0. The Labute approximate surface area is 297 Å². The van der Waals surface area contributed by atoms with Gasteiger partial charge in [0.15, 0.2) is 0 Å². The molecule has 6 aliphatic carbocycles. The molecule has 4 aromatic carbocycles. The molecule has 0 saturated heterocycles. The Bertz CT molecular complexity index is 2560. The van der Waals surface area contributed by atoms with E-state index in [4.69, 9.17) is 0 Å². The van der Waals surface area contributed by atoms with Crippen LogP contribution in [0.5, 0.6) is 0 Å². The van der Waals surface area contributed by atoms with Crippen LogP contribution in [0.25, 0.3) is 50.9 Å². The van der Waals surface area contributed by atoms with E-state index in [-0.39, 0.29) is 5.41 Å². The Morgan fingerprint density at radius 1 is 0.740 bits per heavy atom. The number of hydrogen-bond donors (Lipinski definition) is 0. The highest BCUT2D eigenvalue weighted by Gasteiger charge is 2.33. The number of allylic oxidation sites excluding steroid dienone is 8. The third-order valence-electron chi connectivity index (χ3n) is 13.4. The summed E-state index contributed by atoms with van der Waals surface area (Å²) < 4.78 is 0. The Kier molecular flexibility index (Phi) is 6.54. The van der Waals surface area contributed by atoms with E-state index in [2.05, 4.69) is 139 Å². The molecule has 0 heteroatoms. The van der Waals surface area contributed by atoms with Gasteiger partial charge in [-0.2, -0.15) is 0 Å². The molecule has 0 nitrogen and oxygen atoms in total. The number of fused-ring (bicyclic) bond motifs is 1. The van der Waals surface area contributed by atoms with Gasteiger partial charge in [-0.1, -0.05) is 139 Å². The Hall–Kier alpha value is -4.16. The minimum absolute atomic E-state index is 0.153. The van der Waals surface area contributed by atoms with Crippen molar-refractivity contribution in [1.29, 1.82) is 0 Å². The van der Waals surface area contributed by atoms with Crippen LogP contribution in [-0.2, 0) is 5.41 Å². The van der Waals surface area contributed by atoms with Gasteiger partial charge in [0.25, 0.3) is 0 Å². The van der Waals surface area contributed by atoms with Crippen LogP contribution < -0.4 is 20.9 Å². The zero-order chi connectivity index (χ0) is 34.1. The van der Waals surface area contributed by atoms with Crippen LogP contribution in [0.2, 0.25) is 0 Å². The quantitative estimate of drug-likeness (QED) is 0.203. The van der Waals surface area contributed by atoms with Crippen molar-refractivity contribution in [2.45, 2.75) is 97.3 Å². The first kappa shape index (κ1) is 30.6. The van der Waals surface area contributed by atoms with Gasteiger partial charge in [-0.05, 0) is 154 Å². The van der Waals surface area contributed by atoms with Crippen molar-refractivity contribution < 1.29 is 0 Å². The summed E-state index contributed by atoms with van der Waals surface area (Å²) in [6.07, 6.45) is 27.2. The molecule has 0 heterocycles. The lowest BCUT2D eigenvalue weighted by molar-refractivity contribution is 0.274. The second-order valence-corrected chi connectivity index (χ2v) is 18.4. The Morgan fingerprint density at radius 3 is 2.40 bits per heavy atom. The maximum atomic E-state index is 2.59. The zero-order valence-corrected chi connectivity index (χ0v) is 30.8. The van der Waals surface area contributed by atoms with Gasteiger partial charge >= 0.3 is 0 Å². The zero-order valence-electron chi connectivity index (χ0n) is 30.8. The molecular formula is C50H50. The summed E-state index contributed by atoms with van der Waals surface area (Å²) in [6, 6.07) is 19.4. The van der Waals surface area contributed by atoms with E-state index in [9.17, 15) is 0 Å². The SMILES string of the molecule is CC(C)(C)c1cc2c3c4c(ccc3c1)=C(C1=CC3=CC=C(c5ccc6ccc7c8c6c5=CCC8CC(C(C)(C)C)C=7)CC3C=C1)CCC4CC=2. The molecule has 6 aliphatic rings. The lowest BCUT2D eigenvalue weighted by Gasteiger charge is -2.37. The van der Waals surface area contributed by atoms with Gasteiger partial charge in [-0.3, -0.25) is 0 Å². The first-order valence-corrected chi connectivity index (χ1v) is 19.4. The van der Waals surface area contributed by atoms with Crippen LogP contribution in [0, 0.1) is 17.3 Å². The highest BCUT2D eigenvalue weighted by molar-refractivity contribution is 5.94. The molecule has 0 aliphatic heterocycles. The van der Waals surface area contributed by atoms with Gasteiger partial charge in [-0.15, -0.1) is 0 Å². The van der Waals surface area contributed by atoms with Crippen LogP contribution in [0.3, 0.4) is 0 Å². The number of rotatable bonds is 2. The van der Waals surface area contributed by atoms with Gasteiger partial charge in [-0.25, -0.2) is 0 Å². The van der Waals surface area contributed by atoms with Crippen molar-refractivity contribution in [3.63, 3.8) is 0 Å². The van der Waals surface area contributed by atoms with Gasteiger partial charge in [0.2, 0.25) is 0 Å². The fourth-order valence-electron chi connectivity index (χ4n) is 10.5. The fourth-order valence-corrected chi connectivity index (χ4v) is 10.5. The molecule has 0 spiro atoms. The van der Waals surface area contributed by atoms with Gasteiger partial charge < -0.3 is 0 Å². The van der Waals surface area contributed by atoms with Crippen LogP contribution >= 0.6 is 0 Å². The Balaban J connectivity index is 1.05. The lowest BCUT2D eigenvalue weighted by Crippen LogP contribution is -2.33. The average molecular weight is 651 g/mol. The van der Waals surface area contributed by atoms with Crippen LogP contribution in [-0.4, -0.2) is 0 Å². The molecule has 0 amide bonds. The molecule has 0 N–H and O–H groups in total. The normalized spacial score (nSPS) is 24.8. The molecule has 0 bridgehead atoms. The highest BCUT2D eigenvalue weighted by Crippen LogP contribution is 2.44. The van der Waals surface area contributed by atoms with Crippen molar-refractivity contribution in [1.82, 2.24) is 0 Å². The van der Waals surface area contributed by atoms with Crippen molar-refractivity contribution in [3.8, 4) is 0 Å². The molecule has 4 unspecified atom stereocenters. The molecule has 50 heavy (non-hydrogen) atoms. The third kappa shape index (κ3) is 4.63. The summed E-state index contributed by atoms with van der Waals surface area (Å²) in [5.74, 6) is 2.35. The van der Waals surface area contributed by atoms with Crippen molar-refractivity contribution in [3.05, 3.63) is 133 Å². The lowest BCUT2D eigenvalue weighted by atomic mass is 9.68. The molecule has 0 saturated carbocycles. The molecule has 10 rings (SSSR count). The molecule has 0 aromatic heterocycles. The maximum Gasteiger partial charge on any atom is 0.00621 e. The molecule has 0 fully saturated rings. The summed E-state index contributed by atoms with van der Waals surface area (Å²) in [6.45, 7) is 14.2. The van der Waals surface area contributed by atoms with Crippen LogP contribution in [0.4, 0.5) is 0 Å². The van der Waals surface area contributed by atoms with E-state index in [0.717, 1.165) is 19.3 Å². The monoisotopic (exact) mass is 650 g/mol. The summed E-state index contributed by atoms with van der Waals surface area (Å²) in [5.41, 5.74) is 12.5. The average Bonchev–Trinajstić information content (AvgIpc) is 3.11. The molecule has 0 radical (unpaired) electrons. The van der Waals surface area contributed by atoms with Crippen molar-refractivity contribution in [2.75, 3.05) is 0 Å². The van der Waals surface area contributed by atoms with Crippen molar-refractivity contribution >= 4 is 50.9 Å². The molecular weight excluding hydrogens is 601 g/mol. The second kappa shape index (κ2) is 10.7. The predicted octanol–water partition coefficient (Wildman–Crippen LogP) is 10.1. The second-order valence-electron chi connectivity index (χ2n) is 18.4. The fraction of sp³-hybridized carbons (Fsp3) is 0.360. The number of benzene rings is 4. The largest absolute Gasteiger partial charge is 0.0761 e. The smallest absolute Gasteiger partial charge is 0.00621 e. The first-order chi connectivity index (χ1) is 24.0. The maximum absolute atomic E-state index is 2.59. The summed E-state index contributed by atoms with van der Waals surface area (Å²) >= 11 is 0. The minimum Gasteiger partial charge on any atom is -0.0761 e. The summed E-state index contributed by atoms with van der Waals surface area (Å²) in [5, 5.41) is 11.8. The number of hydrogen-bond acceptors (Lipinski definition) is 0. The predicted molar refractivity (Wildman–Crippen MR) is 215 cm³/mol. The molecule has 4 aromatic rings. The standard InChI is InChI=1S/C50H50/c1-49(2,3)39-25-35-13-7-29-15-19-41(43-21-17-37(27-39)45(35)47(29)43)33-11-9-32-24-34(12-10-31(32)23-33)42-20-16-30-8-14-36-26-40(50(4,5)6)28-38-18-22-44(42)48(30)46(36)38/h7,9-15,18-19,21-22,24-26,28,30-31,37,39H,8,16-17,20,23,27H2,1-6H3. The van der Waals surface area contributed by atoms with Crippen LogP contribution in [0.15, 0.2) is 90.1 Å². The van der Waals surface area contributed by atoms with E-state index in [1.165, 1.54) is 89.5 Å². The summed E-state index contributed by atoms with van der Waals surface area (Å²) in [4.78, 5) is 0. The third-order valence-corrected chi connectivity index (χ3v) is 13.4.